The van der Waals surface area contributed by atoms with E-state index in [9.17, 15) is 18.4 Å². The maximum atomic E-state index is 13.0. The van der Waals surface area contributed by atoms with Crippen LogP contribution in [0, 0.1) is 11.6 Å². The number of carbonyl (C=O) groups excluding carboxylic acids is 2. The number of carbonyl (C=O) groups is 2. The van der Waals surface area contributed by atoms with Crippen LogP contribution in [0.2, 0.25) is 0 Å². The van der Waals surface area contributed by atoms with Crippen molar-refractivity contribution >= 4 is 17.5 Å². The molecule has 0 aromatic heterocycles. The first-order chi connectivity index (χ1) is 9.97. The monoisotopic (exact) mass is 298 g/mol. The molecule has 0 unspecified atom stereocenters. The summed E-state index contributed by atoms with van der Waals surface area (Å²) in [6.45, 7) is 5.12. The fraction of sp³-hybridized carbons (Fsp3) is 0.467. The van der Waals surface area contributed by atoms with E-state index in [-0.39, 0.29) is 18.0 Å². The fourth-order valence-corrected chi connectivity index (χ4v) is 1.93. The minimum absolute atomic E-state index is 0.129. The highest BCUT2D eigenvalue weighted by Crippen LogP contribution is 2.13. The standard InChI is InChI=1S/C15H20F2N2O2/c1-3-7-19(8-4-2)15(21)10-14(20)18-11-5-6-12(16)13(17)9-11/h5-6,9H,3-4,7-8,10H2,1-2H3,(H,18,20). The zero-order chi connectivity index (χ0) is 15.8. The Labute approximate surface area is 123 Å². The van der Waals surface area contributed by atoms with E-state index >= 15 is 0 Å². The number of rotatable bonds is 7. The second-order valence-corrected chi connectivity index (χ2v) is 4.73. The highest BCUT2D eigenvalue weighted by molar-refractivity contribution is 6.03. The lowest BCUT2D eigenvalue weighted by atomic mass is 10.2. The summed E-state index contributed by atoms with van der Waals surface area (Å²) < 4.78 is 25.8. The smallest absolute Gasteiger partial charge is 0.233 e. The van der Waals surface area contributed by atoms with E-state index in [1.807, 2.05) is 13.8 Å². The molecule has 0 spiro atoms. The predicted molar refractivity (Wildman–Crippen MR) is 76.8 cm³/mol. The zero-order valence-electron chi connectivity index (χ0n) is 12.3. The van der Waals surface area contributed by atoms with E-state index in [0.717, 1.165) is 25.0 Å². The molecule has 21 heavy (non-hydrogen) atoms. The molecule has 1 aromatic carbocycles. The molecule has 0 aliphatic heterocycles. The van der Waals surface area contributed by atoms with Crippen LogP contribution < -0.4 is 5.32 Å². The molecule has 0 atom stereocenters. The Balaban J connectivity index is 2.59. The number of hydrogen-bond acceptors (Lipinski definition) is 2. The zero-order valence-corrected chi connectivity index (χ0v) is 12.3. The molecule has 0 heterocycles. The third-order valence-corrected chi connectivity index (χ3v) is 2.85. The van der Waals surface area contributed by atoms with Gasteiger partial charge in [0.15, 0.2) is 11.6 Å². The van der Waals surface area contributed by atoms with Crippen molar-refractivity contribution in [3.05, 3.63) is 29.8 Å². The first-order valence-corrected chi connectivity index (χ1v) is 7.00. The van der Waals surface area contributed by atoms with Crippen LogP contribution in [0.1, 0.15) is 33.1 Å². The molecule has 116 valence electrons. The second kappa shape index (κ2) is 8.34. The van der Waals surface area contributed by atoms with Crippen molar-refractivity contribution in [2.45, 2.75) is 33.1 Å². The van der Waals surface area contributed by atoms with Gasteiger partial charge in [-0.25, -0.2) is 8.78 Å². The summed E-state index contributed by atoms with van der Waals surface area (Å²) in [6, 6.07) is 3.05. The summed E-state index contributed by atoms with van der Waals surface area (Å²) in [5.74, 6) is -2.83. The molecule has 1 rings (SSSR count). The Bertz CT molecular complexity index is 500. The minimum Gasteiger partial charge on any atom is -0.342 e. The highest BCUT2D eigenvalue weighted by Gasteiger charge is 2.16. The molecular formula is C15H20F2N2O2. The lowest BCUT2D eigenvalue weighted by Crippen LogP contribution is -2.35. The van der Waals surface area contributed by atoms with Gasteiger partial charge < -0.3 is 10.2 Å². The average Bonchev–Trinajstić information content (AvgIpc) is 2.42. The summed E-state index contributed by atoms with van der Waals surface area (Å²) in [5.41, 5.74) is 0.129. The normalized spacial score (nSPS) is 10.3. The van der Waals surface area contributed by atoms with Gasteiger partial charge in [-0.3, -0.25) is 9.59 Å². The number of nitrogens with one attached hydrogen (secondary N) is 1. The van der Waals surface area contributed by atoms with Crippen molar-refractivity contribution < 1.29 is 18.4 Å². The molecule has 0 saturated carbocycles. The number of hydrogen-bond donors (Lipinski definition) is 1. The molecule has 1 N–H and O–H groups in total. The highest BCUT2D eigenvalue weighted by atomic mass is 19.2. The van der Waals surface area contributed by atoms with E-state index in [0.29, 0.717) is 13.1 Å². The van der Waals surface area contributed by atoms with Gasteiger partial charge in [-0.2, -0.15) is 0 Å². The molecule has 4 nitrogen and oxygen atoms in total. The topological polar surface area (TPSA) is 49.4 Å². The van der Waals surface area contributed by atoms with Gasteiger partial charge in [0.2, 0.25) is 11.8 Å². The Hall–Kier alpha value is -1.98. The van der Waals surface area contributed by atoms with Gasteiger partial charge in [-0.05, 0) is 25.0 Å². The van der Waals surface area contributed by atoms with Gasteiger partial charge in [-0.1, -0.05) is 13.8 Å². The van der Waals surface area contributed by atoms with E-state index in [1.165, 1.54) is 6.07 Å². The van der Waals surface area contributed by atoms with Crippen LogP contribution in [0.25, 0.3) is 0 Å². The summed E-state index contributed by atoms with van der Waals surface area (Å²) in [4.78, 5) is 25.4. The Morgan fingerprint density at radius 3 is 2.24 bits per heavy atom. The number of benzene rings is 1. The van der Waals surface area contributed by atoms with Crippen LogP contribution in [-0.4, -0.2) is 29.8 Å². The van der Waals surface area contributed by atoms with Crippen molar-refractivity contribution in [1.29, 1.82) is 0 Å². The Morgan fingerprint density at radius 2 is 1.71 bits per heavy atom. The lowest BCUT2D eigenvalue weighted by Gasteiger charge is -2.21. The van der Waals surface area contributed by atoms with Crippen molar-refractivity contribution in [1.82, 2.24) is 4.90 Å². The van der Waals surface area contributed by atoms with Crippen LogP contribution in [0.4, 0.5) is 14.5 Å². The van der Waals surface area contributed by atoms with Crippen LogP contribution in [-0.2, 0) is 9.59 Å². The molecule has 1 aromatic rings. The third-order valence-electron chi connectivity index (χ3n) is 2.85. The number of nitrogens with zero attached hydrogens (tertiary/aromatic N) is 1. The predicted octanol–water partition coefficient (Wildman–Crippen LogP) is 2.94. The van der Waals surface area contributed by atoms with Crippen LogP contribution in [0.5, 0.6) is 0 Å². The van der Waals surface area contributed by atoms with Crippen LogP contribution in [0.15, 0.2) is 18.2 Å². The van der Waals surface area contributed by atoms with Gasteiger partial charge in [0.05, 0.1) is 0 Å². The summed E-state index contributed by atoms with van der Waals surface area (Å²) in [7, 11) is 0. The molecule has 0 aliphatic rings. The molecule has 0 aliphatic carbocycles. The van der Waals surface area contributed by atoms with E-state index < -0.39 is 17.5 Å². The summed E-state index contributed by atoms with van der Waals surface area (Å²) >= 11 is 0. The van der Waals surface area contributed by atoms with Gasteiger partial charge in [0.25, 0.3) is 0 Å². The maximum absolute atomic E-state index is 13.0. The van der Waals surface area contributed by atoms with Gasteiger partial charge in [0.1, 0.15) is 6.42 Å². The number of amides is 2. The van der Waals surface area contributed by atoms with E-state index in [1.54, 1.807) is 4.90 Å². The van der Waals surface area contributed by atoms with Gasteiger partial charge in [0, 0.05) is 24.8 Å². The number of anilines is 1. The Kier molecular flexibility index (Phi) is 6.78. The minimum atomic E-state index is -1.04. The summed E-state index contributed by atoms with van der Waals surface area (Å²) in [5, 5.41) is 2.39. The SMILES string of the molecule is CCCN(CCC)C(=O)CC(=O)Nc1ccc(F)c(F)c1. The van der Waals surface area contributed by atoms with Crippen molar-refractivity contribution in [2.24, 2.45) is 0 Å². The second-order valence-electron chi connectivity index (χ2n) is 4.73. The Morgan fingerprint density at radius 1 is 1.10 bits per heavy atom. The van der Waals surface area contributed by atoms with Crippen LogP contribution >= 0.6 is 0 Å². The van der Waals surface area contributed by atoms with Crippen molar-refractivity contribution in [3.63, 3.8) is 0 Å². The molecule has 0 bridgehead atoms. The van der Waals surface area contributed by atoms with Gasteiger partial charge >= 0.3 is 0 Å². The molecular weight excluding hydrogens is 278 g/mol. The molecule has 0 saturated heterocycles. The fourth-order valence-electron chi connectivity index (χ4n) is 1.93. The van der Waals surface area contributed by atoms with Gasteiger partial charge in [-0.15, -0.1) is 0 Å². The van der Waals surface area contributed by atoms with Crippen molar-refractivity contribution in [2.75, 3.05) is 18.4 Å². The number of halogens is 2. The lowest BCUT2D eigenvalue weighted by molar-refractivity contribution is -0.134. The molecule has 0 fully saturated rings. The molecule has 0 radical (unpaired) electrons. The largest absolute Gasteiger partial charge is 0.342 e. The van der Waals surface area contributed by atoms with Crippen molar-refractivity contribution in [3.8, 4) is 0 Å². The first-order valence-electron chi connectivity index (χ1n) is 7.00. The van der Waals surface area contributed by atoms with E-state index in [2.05, 4.69) is 5.32 Å². The maximum Gasteiger partial charge on any atom is 0.233 e. The van der Waals surface area contributed by atoms with E-state index in [4.69, 9.17) is 0 Å². The molecule has 2 amide bonds. The molecule has 6 heteroatoms. The van der Waals surface area contributed by atoms with Crippen LogP contribution in [0.3, 0.4) is 0 Å². The third kappa shape index (κ3) is 5.49. The average molecular weight is 298 g/mol. The summed E-state index contributed by atoms with van der Waals surface area (Å²) in [6.07, 6.45) is 1.33. The quantitative estimate of drug-likeness (QED) is 0.787. The first kappa shape index (κ1) is 17.1.